The van der Waals surface area contributed by atoms with Crippen LogP contribution >= 0.6 is 0 Å². The van der Waals surface area contributed by atoms with Crippen LogP contribution in [-0.2, 0) is 10.8 Å². The fraction of sp³-hybridized carbons (Fsp3) is 0.714. The Morgan fingerprint density at radius 1 is 0.455 bits per heavy atom. The minimum Gasteiger partial charge on any atom is -0.508 e. The predicted molar refractivity (Wildman–Crippen MR) is 187 cm³/mol. The molecule has 2 aromatic rings. The van der Waals surface area contributed by atoms with Crippen LogP contribution in [0, 0.1) is 23.7 Å². The summed E-state index contributed by atoms with van der Waals surface area (Å²) in [6.45, 7) is 13.3. The molecule has 2 heteroatoms. The standard InChI is InChI=1S/C25H40O.C17H24O/c1-24(2,3)21-15-20(16-22(23(21)26)25(4,5)6)19-13-11-18(12-14-19)17-9-7-8-10-17;18-17-11-9-16(10-12-17)15-7-5-14(6-8-15)13-3-1-2-4-13/h15-19,26H,7-14H2,1-6H3;9-15,18H,1-8H2. The normalized spacial score (nSPS) is 27.2. The Kier molecular flexibility index (Phi) is 10.8. The molecule has 2 N–H and O–H groups in total. The number of benzene rings is 2. The number of hydrogen-bond donors (Lipinski definition) is 2. The van der Waals surface area contributed by atoms with Crippen molar-refractivity contribution < 1.29 is 10.2 Å². The quantitative estimate of drug-likeness (QED) is 0.366. The first-order valence-corrected chi connectivity index (χ1v) is 18.6. The molecule has 4 aliphatic rings. The molecule has 0 unspecified atom stereocenters. The molecule has 0 radical (unpaired) electrons. The number of aromatic hydroxyl groups is 2. The van der Waals surface area contributed by atoms with E-state index in [2.05, 4.69) is 65.8 Å². The molecule has 0 aliphatic heterocycles. The van der Waals surface area contributed by atoms with Crippen molar-refractivity contribution in [2.24, 2.45) is 23.7 Å². The van der Waals surface area contributed by atoms with E-state index in [9.17, 15) is 10.2 Å². The van der Waals surface area contributed by atoms with Crippen LogP contribution in [0.2, 0.25) is 0 Å². The van der Waals surface area contributed by atoms with E-state index in [4.69, 9.17) is 0 Å². The Morgan fingerprint density at radius 2 is 0.795 bits per heavy atom. The maximum atomic E-state index is 11.0. The Bertz CT molecular complexity index is 1130. The summed E-state index contributed by atoms with van der Waals surface area (Å²) in [4.78, 5) is 0. The largest absolute Gasteiger partial charge is 0.508 e. The summed E-state index contributed by atoms with van der Waals surface area (Å²) in [6.07, 6.45) is 22.9. The first kappa shape index (κ1) is 33.4. The lowest BCUT2D eigenvalue weighted by atomic mass is 9.71. The van der Waals surface area contributed by atoms with Gasteiger partial charge < -0.3 is 10.2 Å². The van der Waals surface area contributed by atoms with Crippen LogP contribution in [0.5, 0.6) is 11.5 Å². The van der Waals surface area contributed by atoms with Gasteiger partial charge in [0.2, 0.25) is 0 Å². The molecule has 44 heavy (non-hydrogen) atoms. The van der Waals surface area contributed by atoms with Gasteiger partial charge in [-0.25, -0.2) is 0 Å². The molecule has 2 nitrogen and oxygen atoms in total. The smallest absolute Gasteiger partial charge is 0.123 e. The highest BCUT2D eigenvalue weighted by atomic mass is 16.3. The topological polar surface area (TPSA) is 40.5 Å². The molecule has 4 aliphatic carbocycles. The highest BCUT2D eigenvalue weighted by Crippen LogP contribution is 2.47. The van der Waals surface area contributed by atoms with Crippen molar-refractivity contribution in [3.8, 4) is 11.5 Å². The lowest BCUT2D eigenvalue weighted by Gasteiger charge is -2.34. The molecule has 0 atom stereocenters. The molecule has 2 aromatic carbocycles. The zero-order valence-corrected chi connectivity index (χ0v) is 29.1. The van der Waals surface area contributed by atoms with E-state index in [0.29, 0.717) is 17.4 Å². The van der Waals surface area contributed by atoms with E-state index in [-0.39, 0.29) is 10.8 Å². The number of rotatable bonds is 4. The van der Waals surface area contributed by atoms with Gasteiger partial charge in [0, 0.05) is 0 Å². The fourth-order valence-corrected chi connectivity index (χ4v) is 9.49. The van der Waals surface area contributed by atoms with Crippen LogP contribution in [0.15, 0.2) is 36.4 Å². The molecule has 0 saturated heterocycles. The number of hydrogen-bond acceptors (Lipinski definition) is 2. The minimum absolute atomic E-state index is 0.0266. The highest BCUT2D eigenvalue weighted by molar-refractivity contribution is 5.50. The summed E-state index contributed by atoms with van der Waals surface area (Å²) in [6, 6.07) is 12.5. The predicted octanol–water partition coefficient (Wildman–Crippen LogP) is 12.3. The molecule has 4 fully saturated rings. The van der Waals surface area contributed by atoms with Crippen LogP contribution in [0.1, 0.15) is 178 Å². The van der Waals surface area contributed by atoms with Gasteiger partial charge in [-0.2, -0.15) is 0 Å². The molecular weight excluding hydrogens is 536 g/mol. The fourth-order valence-electron chi connectivity index (χ4n) is 9.49. The summed E-state index contributed by atoms with van der Waals surface area (Å²) in [5, 5.41) is 20.3. The molecule has 0 amide bonds. The van der Waals surface area contributed by atoms with Crippen molar-refractivity contribution in [3.05, 3.63) is 58.7 Å². The Balaban J connectivity index is 0.000000186. The third-order valence-electron chi connectivity index (χ3n) is 12.3. The van der Waals surface area contributed by atoms with Crippen LogP contribution < -0.4 is 0 Å². The Hall–Kier alpha value is -1.96. The molecule has 0 aromatic heterocycles. The summed E-state index contributed by atoms with van der Waals surface area (Å²) in [5.74, 6) is 6.39. The van der Waals surface area contributed by atoms with Crippen LogP contribution in [0.4, 0.5) is 0 Å². The molecule has 4 saturated carbocycles. The second-order valence-corrected chi connectivity index (χ2v) is 17.4. The SMILES string of the molecule is CC(C)(C)c1cc(C2CCC(C3CCCC3)CC2)cc(C(C)(C)C)c1O.Oc1ccc(C2CCC(C3CCCC3)CC2)cc1. The van der Waals surface area contributed by atoms with E-state index in [0.717, 1.165) is 40.7 Å². The van der Waals surface area contributed by atoms with Gasteiger partial charge >= 0.3 is 0 Å². The summed E-state index contributed by atoms with van der Waals surface area (Å²) >= 11 is 0. The van der Waals surface area contributed by atoms with Crippen molar-refractivity contribution in [2.75, 3.05) is 0 Å². The minimum atomic E-state index is -0.0266. The van der Waals surface area contributed by atoms with Gasteiger partial charge in [0.1, 0.15) is 11.5 Å². The van der Waals surface area contributed by atoms with Crippen molar-refractivity contribution in [1.29, 1.82) is 0 Å². The average molecular weight is 601 g/mol. The second-order valence-electron chi connectivity index (χ2n) is 17.4. The van der Waals surface area contributed by atoms with E-state index in [1.165, 1.54) is 114 Å². The molecule has 0 spiro atoms. The highest BCUT2D eigenvalue weighted by Gasteiger charge is 2.33. The monoisotopic (exact) mass is 600 g/mol. The number of phenols is 2. The molecule has 0 heterocycles. The van der Waals surface area contributed by atoms with Crippen LogP contribution in [0.3, 0.4) is 0 Å². The Labute approximate surface area is 270 Å². The van der Waals surface area contributed by atoms with Crippen molar-refractivity contribution in [3.63, 3.8) is 0 Å². The first-order valence-electron chi connectivity index (χ1n) is 18.6. The molecular formula is C42H64O2. The van der Waals surface area contributed by atoms with E-state index >= 15 is 0 Å². The van der Waals surface area contributed by atoms with Crippen LogP contribution in [0.25, 0.3) is 0 Å². The van der Waals surface area contributed by atoms with Gasteiger partial charge in [-0.15, -0.1) is 0 Å². The molecule has 244 valence electrons. The van der Waals surface area contributed by atoms with Crippen molar-refractivity contribution >= 4 is 0 Å². The van der Waals surface area contributed by atoms with Gasteiger partial charge in [0.25, 0.3) is 0 Å². The van der Waals surface area contributed by atoms with Gasteiger partial charge in [-0.3, -0.25) is 0 Å². The summed E-state index contributed by atoms with van der Waals surface area (Å²) in [5.41, 5.74) is 5.10. The summed E-state index contributed by atoms with van der Waals surface area (Å²) in [7, 11) is 0. The van der Waals surface area contributed by atoms with E-state index in [1.54, 1.807) is 0 Å². The molecule has 0 bridgehead atoms. The lowest BCUT2D eigenvalue weighted by molar-refractivity contribution is 0.235. The first-order chi connectivity index (χ1) is 20.9. The maximum absolute atomic E-state index is 11.0. The maximum Gasteiger partial charge on any atom is 0.123 e. The molecule has 6 rings (SSSR count). The third kappa shape index (κ3) is 8.24. The van der Waals surface area contributed by atoms with Crippen LogP contribution in [-0.4, -0.2) is 10.2 Å². The zero-order valence-electron chi connectivity index (χ0n) is 29.1. The van der Waals surface area contributed by atoms with Crippen molar-refractivity contribution in [2.45, 2.75) is 167 Å². The van der Waals surface area contributed by atoms with Gasteiger partial charge in [0.05, 0.1) is 0 Å². The zero-order chi connectivity index (χ0) is 31.5. The van der Waals surface area contributed by atoms with E-state index in [1.807, 2.05) is 12.1 Å². The van der Waals surface area contributed by atoms with E-state index < -0.39 is 0 Å². The summed E-state index contributed by atoms with van der Waals surface area (Å²) < 4.78 is 0. The average Bonchev–Trinajstić information content (AvgIpc) is 3.73. The van der Waals surface area contributed by atoms with Gasteiger partial charge in [0.15, 0.2) is 0 Å². The van der Waals surface area contributed by atoms with Crippen molar-refractivity contribution in [1.82, 2.24) is 0 Å². The van der Waals surface area contributed by atoms with Gasteiger partial charge in [-0.1, -0.05) is 117 Å². The third-order valence-corrected chi connectivity index (χ3v) is 12.3. The second kappa shape index (κ2) is 14.2. The van der Waals surface area contributed by atoms with Gasteiger partial charge in [-0.05, 0) is 132 Å². The lowest BCUT2D eigenvalue weighted by Crippen LogP contribution is -2.21. The number of phenolic OH excluding ortho intramolecular Hbond substituents is 2. The Morgan fingerprint density at radius 3 is 1.16 bits per heavy atom.